The first-order valence-corrected chi connectivity index (χ1v) is 7.69. The highest BCUT2D eigenvalue weighted by molar-refractivity contribution is 5.87. The van der Waals surface area contributed by atoms with Crippen molar-refractivity contribution in [1.29, 1.82) is 0 Å². The molecular formula is C15H25N3O5. The summed E-state index contributed by atoms with van der Waals surface area (Å²) in [7, 11) is 0. The van der Waals surface area contributed by atoms with Gasteiger partial charge < -0.3 is 25.9 Å². The van der Waals surface area contributed by atoms with Crippen molar-refractivity contribution in [2.24, 2.45) is 17.6 Å². The number of carbonyl (C=O) groups is 4. The van der Waals surface area contributed by atoms with E-state index in [1.807, 2.05) is 13.8 Å². The zero-order valence-corrected chi connectivity index (χ0v) is 13.8. The second kappa shape index (κ2) is 7.94. The average Bonchev–Trinajstić information content (AvgIpc) is 2.82. The Kier molecular flexibility index (Phi) is 6.53. The van der Waals surface area contributed by atoms with E-state index in [1.54, 1.807) is 6.92 Å². The fourth-order valence-corrected chi connectivity index (χ4v) is 2.62. The third kappa shape index (κ3) is 5.88. The molecule has 3 amide bonds. The molecule has 1 aliphatic rings. The van der Waals surface area contributed by atoms with Crippen molar-refractivity contribution in [3.8, 4) is 0 Å². The maximum atomic E-state index is 12.3. The summed E-state index contributed by atoms with van der Waals surface area (Å²) in [5.41, 5.74) is 3.78. The van der Waals surface area contributed by atoms with Crippen molar-refractivity contribution >= 4 is 24.2 Å². The van der Waals surface area contributed by atoms with Gasteiger partial charge in [0.2, 0.25) is 5.91 Å². The summed E-state index contributed by atoms with van der Waals surface area (Å²) in [6.45, 7) is 5.84. The lowest BCUT2D eigenvalue weighted by Gasteiger charge is -2.29. The minimum atomic E-state index is -1.21. The molecule has 23 heavy (non-hydrogen) atoms. The standard InChI is InChI=1S/C15H25N3O5/c1-9(2)6-11(23-14(16)22)13(21)18-15(3,8-19)7-10-4-5-17-12(10)20/h8-11H,4-7H2,1-3H3,(H2,16,22)(H,17,20)(H,18,21)/t10?,11-,15?/m0/s1. The normalized spacial score (nSPS) is 21.2. The number of ether oxygens (including phenoxy) is 1. The molecule has 0 aliphatic carbocycles. The van der Waals surface area contributed by atoms with Crippen molar-refractivity contribution in [3.63, 3.8) is 0 Å². The minimum absolute atomic E-state index is 0.0909. The van der Waals surface area contributed by atoms with Gasteiger partial charge in [-0.05, 0) is 32.1 Å². The Labute approximate surface area is 135 Å². The Hall–Kier alpha value is -2.12. The molecule has 4 N–H and O–H groups in total. The molecule has 8 heteroatoms. The smallest absolute Gasteiger partial charge is 0.405 e. The third-order valence-electron chi connectivity index (χ3n) is 3.74. The minimum Gasteiger partial charge on any atom is -0.436 e. The number of amides is 3. The first-order chi connectivity index (χ1) is 10.7. The van der Waals surface area contributed by atoms with Gasteiger partial charge in [-0.15, -0.1) is 0 Å². The topological polar surface area (TPSA) is 128 Å². The number of primary amides is 1. The molecule has 0 radical (unpaired) electrons. The number of rotatable bonds is 8. The molecule has 0 aromatic rings. The van der Waals surface area contributed by atoms with Gasteiger partial charge in [0.1, 0.15) is 6.29 Å². The second-order valence-electron chi connectivity index (χ2n) is 6.56. The van der Waals surface area contributed by atoms with Crippen LogP contribution >= 0.6 is 0 Å². The van der Waals surface area contributed by atoms with E-state index in [-0.39, 0.29) is 30.6 Å². The molecule has 130 valence electrons. The summed E-state index contributed by atoms with van der Waals surface area (Å²) in [6.07, 6.45) is -0.413. The zero-order valence-electron chi connectivity index (χ0n) is 13.8. The van der Waals surface area contributed by atoms with E-state index in [2.05, 4.69) is 10.6 Å². The fraction of sp³-hybridized carbons (Fsp3) is 0.733. The highest BCUT2D eigenvalue weighted by Crippen LogP contribution is 2.22. The molecule has 1 aliphatic heterocycles. The lowest BCUT2D eigenvalue weighted by Crippen LogP contribution is -2.53. The van der Waals surface area contributed by atoms with E-state index >= 15 is 0 Å². The molecule has 2 unspecified atom stereocenters. The second-order valence-corrected chi connectivity index (χ2v) is 6.56. The van der Waals surface area contributed by atoms with Gasteiger partial charge in [0, 0.05) is 12.5 Å². The van der Waals surface area contributed by atoms with Crippen molar-refractivity contribution in [1.82, 2.24) is 10.6 Å². The van der Waals surface area contributed by atoms with Crippen LogP contribution in [0.25, 0.3) is 0 Å². The molecule has 3 atom stereocenters. The van der Waals surface area contributed by atoms with Crippen LogP contribution in [0.5, 0.6) is 0 Å². The molecule has 1 fully saturated rings. The quantitative estimate of drug-likeness (QED) is 0.545. The first kappa shape index (κ1) is 18.9. The molecule has 0 bridgehead atoms. The Morgan fingerprint density at radius 2 is 2.17 bits per heavy atom. The summed E-state index contributed by atoms with van der Waals surface area (Å²) in [4.78, 5) is 46.4. The van der Waals surface area contributed by atoms with Gasteiger partial charge in [0.25, 0.3) is 5.91 Å². The molecule has 0 aromatic heterocycles. The van der Waals surface area contributed by atoms with Gasteiger partial charge in [-0.3, -0.25) is 9.59 Å². The molecule has 1 rings (SSSR count). The number of nitrogens with two attached hydrogens (primary N) is 1. The number of aldehydes is 1. The maximum absolute atomic E-state index is 12.3. The molecule has 0 spiro atoms. The SMILES string of the molecule is CC(C)C[C@H](OC(N)=O)C(=O)NC(C)(C=O)CC1CCNC1=O. The number of carbonyl (C=O) groups excluding carboxylic acids is 4. The summed E-state index contributed by atoms with van der Waals surface area (Å²) in [5.74, 6) is -0.954. The van der Waals surface area contributed by atoms with E-state index < -0.39 is 23.6 Å². The van der Waals surface area contributed by atoms with E-state index in [0.717, 1.165) is 0 Å². The Morgan fingerprint density at radius 3 is 2.61 bits per heavy atom. The summed E-state index contributed by atoms with van der Waals surface area (Å²) < 4.78 is 4.84. The Balaban J connectivity index is 2.76. The van der Waals surface area contributed by atoms with Crippen LogP contribution in [-0.4, -0.2) is 42.4 Å². The summed E-state index contributed by atoms with van der Waals surface area (Å²) in [6, 6.07) is 0. The number of hydrogen-bond donors (Lipinski definition) is 3. The number of hydrogen-bond acceptors (Lipinski definition) is 5. The van der Waals surface area contributed by atoms with Crippen LogP contribution in [-0.2, 0) is 19.1 Å². The van der Waals surface area contributed by atoms with Gasteiger partial charge in [0.05, 0.1) is 5.54 Å². The van der Waals surface area contributed by atoms with Crippen LogP contribution in [0.3, 0.4) is 0 Å². The molecule has 1 saturated heterocycles. The first-order valence-electron chi connectivity index (χ1n) is 7.69. The molecule has 0 aromatic carbocycles. The Morgan fingerprint density at radius 1 is 1.52 bits per heavy atom. The molecule has 0 saturated carbocycles. The molecular weight excluding hydrogens is 302 g/mol. The lowest BCUT2D eigenvalue weighted by molar-refractivity contribution is -0.135. The van der Waals surface area contributed by atoms with Crippen molar-refractivity contribution in [2.45, 2.75) is 51.7 Å². The van der Waals surface area contributed by atoms with Gasteiger partial charge in [-0.25, -0.2) is 4.79 Å². The zero-order chi connectivity index (χ0) is 17.6. The monoisotopic (exact) mass is 327 g/mol. The maximum Gasteiger partial charge on any atom is 0.405 e. The number of nitrogens with one attached hydrogen (secondary N) is 2. The predicted molar refractivity (Wildman–Crippen MR) is 82.3 cm³/mol. The van der Waals surface area contributed by atoms with Crippen LogP contribution in [0.2, 0.25) is 0 Å². The van der Waals surface area contributed by atoms with Gasteiger partial charge in [0.15, 0.2) is 6.10 Å². The van der Waals surface area contributed by atoms with Gasteiger partial charge >= 0.3 is 6.09 Å². The van der Waals surface area contributed by atoms with Crippen LogP contribution in [0, 0.1) is 11.8 Å². The van der Waals surface area contributed by atoms with Gasteiger partial charge in [-0.1, -0.05) is 13.8 Å². The molecule has 1 heterocycles. The van der Waals surface area contributed by atoms with E-state index in [0.29, 0.717) is 19.3 Å². The molecule has 8 nitrogen and oxygen atoms in total. The van der Waals surface area contributed by atoms with Crippen LogP contribution < -0.4 is 16.4 Å². The van der Waals surface area contributed by atoms with E-state index in [4.69, 9.17) is 10.5 Å². The summed E-state index contributed by atoms with van der Waals surface area (Å²) in [5, 5.41) is 5.27. The van der Waals surface area contributed by atoms with Crippen LogP contribution in [0.1, 0.15) is 40.0 Å². The average molecular weight is 327 g/mol. The Bertz CT molecular complexity index is 480. The van der Waals surface area contributed by atoms with E-state index in [1.165, 1.54) is 0 Å². The van der Waals surface area contributed by atoms with Crippen molar-refractivity contribution in [3.05, 3.63) is 0 Å². The highest BCUT2D eigenvalue weighted by Gasteiger charge is 2.37. The predicted octanol–water partition coefficient (Wildman–Crippen LogP) is 0.0964. The third-order valence-corrected chi connectivity index (χ3v) is 3.74. The fourth-order valence-electron chi connectivity index (χ4n) is 2.62. The van der Waals surface area contributed by atoms with Crippen molar-refractivity contribution < 1.29 is 23.9 Å². The van der Waals surface area contributed by atoms with Gasteiger partial charge in [-0.2, -0.15) is 0 Å². The van der Waals surface area contributed by atoms with Crippen molar-refractivity contribution in [2.75, 3.05) is 6.54 Å². The van der Waals surface area contributed by atoms with E-state index in [9.17, 15) is 19.2 Å². The summed E-state index contributed by atoms with van der Waals surface area (Å²) >= 11 is 0. The lowest BCUT2D eigenvalue weighted by atomic mass is 9.88. The highest BCUT2D eigenvalue weighted by atomic mass is 16.6. The van der Waals surface area contributed by atoms with Crippen LogP contribution in [0.15, 0.2) is 0 Å². The van der Waals surface area contributed by atoms with Crippen LogP contribution in [0.4, 0.5) is 4.79 Å². The largest absolute Gasteiger partial charge is 0.436 e.